The van der Waals surface area contributed by atoms with Gasteiger partial charge < -0.3 is 23.7 Å². The third-order valence-electron chi connectivity index (χ3n) is 6.22. The molecule has 1 aliphatic rings. The van der Waals surface area contributed by atoms with Gasteiger partial charge in [-0.1, -0.05) is 12.1 Å². The number of aromatic nitrogens is 2. The van der Waals surface area contributed by atoms with Gasteiger partial charge in [0.25, 0.3) is 11.5 Å². The van der Waals surface area contributed by atoms with Crippen molar-refractivity contribution in [3.63, 3.8) is 0 Å². The minimum Gasteiger partial charge on any atom is -0.496 e. The molecule has 188 valence electrons. The Morgan fingerprint density at radius 2 is 1.78 bits per heavy atom. The molecular weight excluding hydrogens is 462 g/mol. The Balaban J connectivity index is 1.55. The molecule has 4 rings (SSSR count). The van der Waals surface area contributed by atoms with Crippen molar-refractivity contribution in [3.05, 3.63) is 87.6 Å². The predicted molar refractivity (Wildman–Crippen MR) is 133 cm³/mol. The SMILES string of the molecule is COC(=O)c1c(OCCCc2ccncc2)cc(=O)n2c1CCN(C(=O)c1ccccc1OC)CC2. The average molecular weight is 492 g/mol. The summed E-state index contributed by atoms with van der Waals surface area (Å²) >= 11 is 0. The number of esters is 1. The molecule has 9 heteroatoms. The molecule has 0 unspecified atom stereocenters. The number of pyridine rings is 2. The summed E-state index contributed by atoms with van der Waals surface area (Å²) < 4.78 is 17.8. The van der Waals surface area contributed by atoms with E-state index in [4.69, 9.17) is 14.2 Å². The van der Waals surface area contributed by atoms with Crippen LogP contribution in [0.2, 0.25) is 0 Å². The molecule has 0 radical (unpaired) electrons. The highest BCUT2D eigenvalue weighted by Gasteiger charge is 2.28. The molecule has 3 heterocycles. The number of aryl methyl sites for hydroxylation is 1. The molecule has 0 atom stereocenters. The molecule has 0 bridgehead atoms. The molecule has 0 aliphatic carbocycles. The van der Waals surface area contributed by atoms with Gasteiger partial charge in [-0.15, -0.1) is 0 Å². The van der Waals surface area contributed by atoms with Crippen molar-refractivity contribution in [1.29, 1.82) is 0 Å². The fourth-order valence-electron chi connectivity index (χ4n) is 4.39. The maximum atomic E-state index is 13.2. The predicted octanol–water partition coefficient (Wildman–Crippen LogP) is 2.75. The molecule has 0 saturated carbocycles. The van der Waals surface area contributed by atoms with Crippen LogP contribution in [0.5, 0.6) is 11.5 Å². The van der Waals surface area contributed by atoms with Crippen molar-refractivity contribution in [2.24, 2.45) is 0 Å². The monoisotopic (exact) mass is 491 g/mol. The molecule has 0 spiro atoms. The van der Waals surface area contributed by atoms with E-state index >= 15 is 0 Å². The quantitative estimate of drug-likeness (QED) is 0.353. The van der Waals surface area contributed by atoms with Gasteiger partial charge in [0.05, 0.1) is 26.4 Å². The average Bonchev–Trinajstić information content (AvgIpc) is 3.14. The van der Waals surface area contributed by atoms with E-state index in [1.54, 1.807) is 41.6 Å². The molecule has 1 amide bonds. The number of nitrogens with zero attached hydrogens (tertiary/aromatic N) is 3. The standard InChI is InChI=1S/C27H29N3O6/c1-34-22-8-4-3-7-20(22)26(32)29-14-11-21-25(27(33)35-2)23(18-24(31)30(21)16-15-29)36-17-5-6-19-9-12-28-13-10-19/h3-4,7-10,12-13,18H,5-6,11,14-17H2,1-2H3. The van der Waals surface area contributed by atoms with E-state index in [1.165, 1.54) is 24.9 Å². The number of rotatable bonds is 8. The van der Waals surface area contributed by atoms with Crippen molar-refractivity contribution in [2.45, 2.75) is 25.8 Å². The van der Waals surface area contributed by atoms with Gasteiger partial charge in [-0.3, -0.25) is 14.6 Å². The van der Waals surface area contributed by atoms with Crippen LogP contribution in [-0.2, 0) is 24.1 Å². The summed E-state index contributed by atoms with van der Waals surface area (Å²) in [6.07, 6.45) is 5.25. The van der Waals surface area contributed by atoms with E-state index in [1.807, 2.05) is 12.1 Å². The van der Waals surface area contributed by atoms with Crippen LogP contribution < -0.4 is 15.0 Å². The number of carbonyl (C=O) groups excluding carboxylic acids is 2. The topological polar surface area (TPSA) is 100.0 Å². The molecule has 2 aromatic heterocycles. The summed E-state index contributed by atoms with van der Waals surface area (Å²) in [5.74, 6) is -0.0793. The van der Waals surface area contributed by atoms with E-state index in [2.05, 4.69) is 4.98 Å². The number of para-hydroxylation sites is 1. The Morgan fingerprint density at radius 1 is 1.00 bits per heavy atom. The lowest BCUT2D eigenvalue weighted by molar-refractivity contribution is 0.0593. The summed E-state index contributed by atoms with van der Waals surface area (Å²) in [5.41, 5.74) is 2.03. The lowest BCUT2D eigenvalue weighted by Crippen LogP contribution is -2.34. The van der Waals surface area contributed by atoms with Crippen LogP contribution in [0.25, 0.3) is 0 Å². The second kappa shape index (κ2) is 11.5. The highest BCUT2D eigenvalue weighted by Crippen LogP contribution is 2.26. The molecule has 1 aromatic carbocycles. The van der Waals surface area contributed by atoms with Gasteiger partial charge in [0.15, 0.2) is 0 Å². The molecule has 9 nitrogen and oxygen atoms in total. The molecule has 0 N–H and O–H groups in total. The van der Waals surface area contributed by atoms with Gasteiger partial charge in [-0.25, -0.2) is 4.79 Å². The normalized spacial score (nSPS) is 12.9. The van der Waals surface area contributed by atoms with Gasteiger partial charge in [-0.2, -0.15) is 0 Å². The number of benzene rings is 1. The number of ether oxygens (including phenoxy) is 3. The van der Waals surface area contributed by atoms with Gasteiger partial charge in [0.1, 0.15) is 17.1 Å². The van der Waals surface area contributed by atoms with Gasteiger partial charge in [0, 0.05) is 50.2 Å². The summed E-state index contributed by atoms with van der Waals surface area (Å²) in [6, 6.07) is 12.2. The highest BCUT2D eigenvalue weighted by molar-refractivity contribution is 5.97. The largest absolute Gasteiger partial charge is 0.496 e. The van der Waals surface area contributed by atoms with Crippen molar-refractivity contribution in [1.82, 2.24) is 14.5 Å². The Labute approximate surface area is 209 Å². The van der Waals surface area contributed by atoms with Crippen LogP contribution in [0.3, 0.4) is 0 Å². The zero-order chi connectivity index (χ0) is 25.5. The maximum Gasteiger partial charge on any atom is 0.343 e. The number of amides is 1. The van der Waals surface area contributed by atoms with E-state index in [0.29, 0.717) is 49.5 Å². The number of carbonyl (C=O) groups is 2. The molecule has 3 aromatic rings. The van der Waals surface area contributed by atoms with Crippen molar-refractivity contribution >= 4 is 11.9 Å². The molecule has 0 saturated heterocycles. The third kappa shape index (κ3) is 5.40. The van der Waals surface area contributed by atoms with Crippen molar-refractivity contribution in [3.8, 4) is 11.5 Å². The first-order valence-electron chi connectivity index (χ1n) is 11.8. The first-order valence-corrected chi connectivity index (χ1v) is 11.8. The Morgan fingerprint density at radius 3 is 2.53 bits per heavy atom. The smallest absolute Gasteiger partial charge is 0.343 e. The summed E-state index contributed by atoms with van der Waals surface area (Å²) in [4.78, 5) is 44.7. The fourth-order valence-corrected chi connectivity index (χ4v) is 4.39. The second-order valence-electron chi connectivity index (χ2n) is 8.36. The Kier molecular flexibility index (Phi) is 7.99. The zero-order valence-corrected chi connectivity index (χ0v) is 20.4. The van der Waals surface area contributed by atoms with Gasteiger partial charge >= 0.3 is 5.97 Å². The van der Waals surface area contributed by atoms with Gasteiger partial charge in [-0.05, 0) is 42.7 Å². The van der Waals surface area contributed by atoms with Gasteiger partial charge in [0.2, 0.25) is 0 Å². The second-order valence-corrected chi connectivity index (χ2v) is 8.36. The van der Waals surface area contributed by atoms with Crippen LogP contribution in [0.15, 0.2) is 59.7 Å². The highest BCUT2D eigenvalue weighted by atomic mass is 16.5. The summed E-state index contributed by atoms with van der Waals surface area (Å²) in [7, 11) is 2.82. The number of fused-ring (bicyclic) bond motifs is 1. The fraction of sp³-hybridized carbons (Fsp3) is 0.333. The van der Waals surface area contributed by atoms with Crippen LogP contribution >= 0.6 is 0 Å². The molecule has 36 heavy (non-hydrogen) atoms. The van der Waals surface area contributed by atoms with Crippen molar-refractivity contribution in [2.75, 3.05) is 33.9 Å². The van der Waals surface area contributed by atoms with E-state index in [0.717, 1.165) is 12.0 Å². The zero-order valence-electron chi connectivity index (χ0n) is 20.4. The minimum atomic E-state index is -0.576. The third-order valence-corrected chi connectivity index (χ3v) is 6.22. The molecule has 1 aliphatic heterocycles. The van der Waals surface area contributed by atoms with E-state index < -0.39 is 5.97 Å². The van der Waals surface area contributed by atoms with Crippen LogP contribution in [0.4, 0.5) is 0 Å². The number of hydrogen-bond donors (Lipinski definition) is 0. The van der Waals surface area contributed by atoms with Crippen molar-refractivity contribution < 1.29 is 23.8 Å². The Hall–Kier alpha value is -4.14. The molecular formula is C27H29N3O6. The maximum absolute atomic E-state index is 13.2. The minimum absolute atomic E-state index is 0.194. The van der Waals surface area contributed by atoms with E-state index in [9.17, 15) is 14.4 Å². The number of hydrogen-bond acceptors (Lipinski definition) is 7. The Bertz CT molecular complexity index is 1290. The van der Waals surface area contributed by atoms with Crippen LogP contribution in [0.1, 0.15) is 38.4 Å². The molecule has 0 fully saturated rings. The lowest BCUT2D eigenvalue weighted by Gasteiger charge is -2.21. The van der Waals surface area contributed by atoms with Crippen LogP contribution in [-0.4, -0.2) is 60.2 Å². The van der Waals surface area contributed by atoms with E-state index in [-0.39, 0.29) is 29.3 Å². The lowest BCUT2D eigenvalue weighted by atomic mass is 10.1. The summed E-state index contributed by atoms with van der Waals surface area (Å²) in [6.45, 7) is 1.22. The first kappa shape index (κ1) is 25.0. The van der Waals surface area contributed by atoms with Crippen LogP contribution in [0, 0.1) is 0 Å². The number of methoxy groups -OCH3 is 2. The summed E-state index contributed by atoms with van der Waals surface area (Å²) in [5, 5.41) is 0. The first-order chi connectivity index (χ1) is 17.5.